The third-order valence-electron chi connectivity index (χ3n) is 11.6. The third-order valence-corrected chi connectivity index (χ3v) is 15.7. The van der Waals surface area contributed by atoms with Gasteiger partial charge in [0.15, 0.2) is 0 Å². The number of aromatic nitrogens is 1. The Balaban J connectivity index is 1.04. The van der Waals surface area contributed by atoms with Crippen molar-refractivity contribution in [2.75, 3.05) is 4.90 Å². The van der Waals surface area contributed by atoms with Gasteiger partial charge in [-0.3, -0.25) is 0 Å². The molecule has 0 saturated carbocycles. The molecule has 0 N–H and O–H groups in total. The van der Waals surface area contributed by atoms with E-state index in [9.17, 15) is 0 Å². The highest BCUT2D eigenvalue weighted by Crippen LogP contribution is 2.38. The van der Waals surface area contributed by atoms with Crippen molar-refractivity contribution in [1.29, 1.82) is 0 Å². The van der Waals surface area contributed by atoms with Gasteiger partial charge in [-0.05, 0) is 94.0 Å². The molecule has 2 nitrogen and oxygen atoms in total. The molecule has 0 radical (unpaired) electrons. The molecule has 0 saturated heterocycles. The van der Waals surface area contributed by atoms with E-state index >= 15 is 0 Å². The van der Waals surface area contributed by atoms with Gasteiger partial charge >= 0.3 is 0 Å². The van der Waals surface area contributed by atoms with Crippen LogP contribution in [0.5, 0.6) is 0 Å². The van der Waals surface area contributed by atoms with Crippen molar-refractivity contribution in [3.63, 3.8) is 0 Å². The lowest BCUT2D eigenvalue weighted by molar-refractivity contribution is 1.18. The molecule has 0 fully saturated rings. The molecule has 9 rings (SSSR count). The highest BCUT2D eigenvalue weighted by atomic mass is 28.3. The second kappa shape index (κ2) is 14.9. The molecule has 58 heavy (non-hydrogen) atoms. The SMILES string of the molecule is C[Si](C)(C)c1ccc(-c2ccc(N(c3ccc(-c4ccc(-n5c6ccccc6c6ccccc65)cc4)cc3)c3ccc(-c4ccc([Si](C)(C)C)cc4)cc3)cc2)cc1. The summed E-state index contributed by atoms with van der Waals surface area (Å²) < 4.78 is 2.37. The van der Waals surface area contributed by atoms with Crippen LogP contribution >= 0.6 is 0 Å². The van der Waals surface area contributed by atoms with E-state index in [4.69, 9.17) is 0 Å². The number of nitrogens with zero attached hydrogens (tertiary/aromatic N) is 2. The number of anilines is 3. The van der Waals surface area contributed by atoms with Crippen molar-refractivity contribution in [2.45, 2.75) is 39.3 Å². The minimum Gasteiger partial charge on any atom is -0.311 e. The van der Waals surface area contributed by atoms with Crippen molar-refractivity contribution in [3.8, 4) is 39.1 Å². The number of fused-ring (bicyclic) bond motifs is 3. The van der Waals surface area contributed by atoms with Crippen molar-refractivity contribution < 1.29 is 0 Å². The molecule has 1 aromatic heterocycles. The highest BCUT2D eigenvalue weighted by Gasteiger charge is 2.19. The van der Waals surface area contributed by atoms with Gasteiger partial charge in [0.05, 0.1) is 27.2 Å². The maximum absolute atomic E-state index is 2.40. The Morgan fingerprint density at radius 1 is 0.310 bits per heavy atom. The molecule has 0 unspecified atom stereocenters. The van der Waals surface area contributed by atoms with Gasteiger partial charge in [-0.1, -0.05) is 183 Å². The average Bonchev–Trinajstić information content (AvgIpc) is 3.58. The predicted molar refractivity (Wildman–Crippen MR) is 258 cm³/mol. The van der Waals surface area contributed by atoms with Gasteiger partial charge in [-0.25, -0.2) is 0 Å². The van der Waals surface area contributed by atoms with Crippen LogP contribution in [-0.2, 0) is 0 Å². The summed E-state index contributed by atoms with van der Waals surface area (Å²) in [4.78, 5) is 2.37. The molecule has 0 amide bonds. The van der Waals surface area contributed by atoms with Crippen molar-refractivity contribution in [2.24, 2.45) is 0 Å². The highest BCUT2D eigenvalue weighted by molar-refractivity contribution is 6.89. The van der Waals surface area contributed by atoms with Crippen molar-refractivity contribution >= 4 is 65.4 Å². The summed E-state index contributed by atoms with van der Waals surface area (Å²) in [6.07, 6.45) is 0. The largest absolute Gasteiger partial charge is 0.311 e. The normalized spacial score (nSPS) is 12.0. The molecule has 9 aromatic rings. The number of para-hydroxylation sites is 2. The van der Waals surface area contributed by atoms with Crippen LogP contribution in [-0.4, -0.2) is 20.7 Å². The maximum Gasteiger partial charge on any atom is 0.0775 e. The first-order chi connectivity index (χ1) is 28.0. The molecule has 0 atom stereocenters. The van der Waals surface area contributed by atoms with E-state index in [1.807, 2.05) is 0 Å². The summed E-state index contributed by atoms with van der Waals surface area (Å²) in [5, 5.41) is 5.52. The molecule has 0 spiro atoms. The summed E-state index contributed by atoms with van der Waals surface area (Å²) in [5.41, 5.74) is 14.3. The summed E-state index contributed by atoms with van der Waals surface area (Å²) >= 11 is 0. The molecule has 8 aromatic carbocycles. The lowest BCUT2D eigenvalue weighted by Gasteiger charge is -2.26. The van der Waals surface area contributed by atoms with Gasteiger partial charge in [0.1, 0.15) is 0 Å². The van der Waals surface area contributed by atoms with E-state index in [0.29, 0.717) is 0 Å². The Labute approximate surface area is 345 Å². The first-order valence-electron chi connectivity index (χ1n) is 20.4. The van der Waals surface area contributed by atoms with Crippen LogP contribution in [0, 0.1) is 0 Å². The molecule has 0 bridgehead atoms. The monoisotopic (exact) mass is 782 g/mol. The number of hydrogen-bond donors (Lipinski definition) is 0. The van der Waals surface area contributed by atoms with E-state index in [1.165, 1.54) is 65.6 Å². The minimum atomic E-state index is -1.36. The van der Waals surface area contributed by atoms with Crippen molar-refractivity contribution in [1.82, 2.24) is 4.57 Å². The average molecular weight is 783 g/mol. The van der Waals surface area contributed by atoms with E-state index in [2.05, 4.69) is 243 Å². The summed E-state index contributed by atoms with van der Waals surface area (Å²) in [7, 11) is -2.71. The van der Waals surface area contributed by atoms with Gasteiger partial charge in [-0.2, -0.15) is 0 Å². The summed E-state index contributed by atoms with van der Waals surface area (Å²) in [6.45, 7) is 14.4. The molecule has 284 valence electrons. The van der Waals surface area contributed by atoms with E-state index < -0.39 is 16.1 Å². The first kappa shape index (κ1) is 37.4. The van der Waals surface area contributed by atoms with Crippen LogP contribution in [0.2, 0.25) is 39.3 Å². The van der Waals surface area contributed by atoms with Crippen LogP contribution in [0.3, 0.4) is 0 Å². The van der Waals surface area contributed by atoms with Gasteiger partial charge in [0, 0.05) is 33.5 Å². The van der Waals surface area contributed by atoms with Crippen LogP contribution < -0.4 is 15.3 Å². The number of hydrogen-bond acceptors (Lipinski definition) is 1. The quantitative estimate of drug-likeness (QED) is 0.132. The van der Waals surface area contributed by atoms with Crippen molar-refractivity contribution in [3.05, 3.63) is 194 Å². The van der Waals surface area contributed by atoms with Crippen LogP contribution in [0.15, 0.2) is 194 Å². The van der Waals surface area contributed by atoms with Gasteiger partial charge in [0.2, 0.25) is 0 Å². The van der Waals surface area contributed by atoms with E-state index in [0.717, 1.165) is 22.7 Å². The Hall–Kier alpha value is -6.21. The number of rotatable bonds is 9. The van der Waals surface area contributed by atoms with Crippen LogP contribution in [0.1, 0.15) is 0 Å². The smallest absolute Gasteiger partial charge is 0.0775 e. The molecule has 0 aliphatic rings. The Morgan fingerprint density at radius 2 is 0.586 bits per heavy atom. The second-order valence-electron chi connectivity index (χ2n) is 17.5. The molecule has 0 aliphatic heterocycles. The molecule has 1 heterocycles. The van der Waals surface area contributed by atoms with Gasteiger partial charge in [0.25, 0.3) is 0 Å². The van der Waals surface area contributed by atoms with E-state index in [1.54, 1.807) is 0 Å². The Kier molecular flexibility index (Phi) is 9.63. The summed E-state index contributed by atoms with van der Waals surface area (Å²) in [6, 6.07) is 71.8. The molecule has 4 heteroatoms. The maximum atomic E-state index is 2.40. The van der Waals surface area contributed by atoms with Crippen LogP contribution in [0.4, 0.5) is 17.1 Å². The fraction of sp³-hybridized carbons (Fsp3) is 0.111. The second-order valence-corrected chi connectivity index (χ2v) is 27.7. The van der Waals surface area contributed by atoms with Gasteiger partial charge < -0.3 is 9.47 Å². The topological polar surface area (TPSA) is 8.17 Å². The fourth-order valence-electron chi connectivity index (χ4n) is 8.19. The Morgan fingerprint density at radius 3 is 0.897 bits per heavy atom. The standard InChI is InChI=1S/C54H50N2Si2/c1-57(2,3)49-35-23-43(24-36-49)41-17-29-46(30-18-41)55(47-31-19-42(20-32-47)44-25-37-50(38-26-44)58(4,5)6)45-27-15-39(16-28-45)40-21-33-48(34-22-40)56-53-13-9-7-11-51(53)52-12-8-10-14-54(52)56/h7-38H,1-6H3. The zero-order chi connectivity index (χ0) is 40.0. The lowest BCUT2D eigenvalue weighted by Crippen LogP contribution is -2.37. The molecular weight excluding hydrogens is 733 g/mol. The molecule has 0 aliphatic carbocycles. The fourth-order valence-corrected chi connectivity index (χ4v) is 10.5. The zero-order valence-corrected chi connectivity index (χ0v) is 36.4. The van der Waals surface area contributed by atoms with E-state index in [-0.39, 0.29) is 0 Å². The third kappa shape index (κ3) is 7.26. The number of benzene rings is 8. The lowest BCUT2D eigenvalue weighted by atomic mass is 10.0. The zero-order valence-electron chi connectivity index (χ0n) is 34.4. The Bertz CT molecular complexity index is 2680. The minimum absolute atomic E-state index is 1.12. The summed E-state index contributed by atoms with van der Waals surface area (Å²) in [5.74, 6) is 0. The first-order valence-corrected chi connectivity index (χ1v) is 27.4. The predicted octanol–water partition coefficient (Wildman–Crippen LogP) is 14.3. The molecular formula is C54H50N2Si2. The van der Waals surface area contributed by atoms with Crippen LogP contribution in [0.25, 0.3) is 60.9 Å². The van der Waals surface area contributed by atoms with Gasteiger partial charge in [-0.15, -0.1) is 0 Å².